The number of amides is 1. The van der Waals surface area contributed by atoms with Crippen LogP contribution in [0.1, 0.15) is 15.9 Å². The first-order chi connectivity index (χ1) is 9.82. The molecule has 0 saturated carbocycles. The summed E-state index contributed by atoms with van der Waals surface area (Å²) in [5, 5.41) is 2.30. The van der Waals surface area contributed by atoms with E-state index in [0.717, 1.165) is 12.1 Å². The fourth-order valence-corrected chi connectivity index (χ4v) is 1.82. The quantitative estimate of drug-likeness (QED) is 0.894. The Morgan fingerprint density at radius 3 is 2.48 bits per heavy atom. The number of hydrogen-bond donors (Lipinski definition) is 2. The van der Waals surface area contributed by atoms with Crippen molar-refractivity contribution in [2.24, 2.45) is 0 Å². The Bertz CT molecular complexity index is 735. The Morgan fingerprint density at radius 1 is 1.19 bits per heavy atom. The summed E-state index contributed by atoms with van der Waals surface area (Å²) in [7, 11) is 1.38. The van der Waals surface area contributed by atoms with Crippen molar-refractivity contribution in [3.8, 4) is 11.3 Å². The molecule has 1 aromatic carbocycles. The second-order valence-corrected chi connectivity index (χ2v) is 4.27. The number of benzene rings is 1. The Kier molecular flexibility index (Phi) is 3.84. The van der Waals surface area contributed by atoms with Gasteiger partial charge >= 0.3 is 6.18 Å². The maximum Gasteiger partial charge on any atom is 0.416 e. The molecule has 1 heterocycles. The molecule has 0 radical (unpaired) electrons. The third-order valence-electron chi connectivity index (χ3n) is 2.88. The average molecular weight is 296 g/mol. The van der Waals surface area contributed by atoms with E-state index in [1.54, 1.807) is 0 Å². The Labute approximate surface area is 117 Å². The highest BCUT2D eigenvalue weighted by molar-refractivity contribution is 5.93. The number of alkyl halides is 3. The molecule has 2 N–H and O–H groups in total. The van der Waals surface area contributed by atoms with Crippen LogP contribution in [0.2, 0.25) is 0 Å². The van der Waals surface area contributed by atoms with E-state index in [4.69, 9.17) is 0 Å². The molecule has 0 bridgehead atoms. The average Bonchev–Trinajstić information content (AvgIpc) is 2.45. The maximum atomic E-state index is 12.7. The zero-order valence-electron chi connectivity index (χ0n) is 10.9. The van der Waals surface area contributed by atoms with Gasteiger partial charge in [0.25, 0.3) is 11.5 Å². The highest BCUT2D eigenvalue weighted by atomic mass is 19.4. The summed E-state index contributed by atoms with van der Waals surface area (Å²) < 4.78 is 38.0. The number of nitrogens with one attached hydrogen (secondary N) is 2. The molecule has 0 atom stereocenters. The van der Waals surface area contributed by atoms with Gasteiger partial charge in [-0.3, -0.25) is 9.59 Å². The van der Waals surface area contributed by atoms with Gasteiger partial charge in [-0.05, 0) is 29.8 Å². The van der Waals surface area contributed by atoms with Gasteiger partial charge in [-0.25, -0.2) is 0 Å². The second kappa shape index (κ2) is 5.43. The van der Waals surface area contributed by atoms with Crippen molar-refractivity contribution in [3.05, 3.63) is 57.9 Å². The third kappa shape index (κ3) is 3.13. The van der Waals surface area contributed by atoms with Gasteiger partial charge in [-0.15, -0.1) is 0 Å². The third-order valence-corrected chi connectivity index (χ3v) is 2.88. The van der Waals surface area contributed by atoms with Crippen LogP contribution in [0.3, 0.4) is 0 Å². The number of H-pyrrole nitrogens is 1. The van der Waals surface area contributed by atoms with Gasteiger partial charge in [-0.1, -0.05) is 12.1 Å². The minimum absolute atomic E-state index is 0.103. The number of carbonyl (C=O) groups excluding carboxylic acids is 1. The molecule has 0 fully saturated rings. The van der Waals surface area contributed by atoms with E-state index >= 15 is 0 Å². The molecule has 110 valence electrons. The molecular weight excluding hydrogens is 285 g/mol. The van der Waals surface area contributed by atoms with E-state index in [0.29, 0.717) is 0 Å². The Morgan fingerprint density at radius 2 is 1.90 bits per heavy atom. The zero-order chi connectivity index (χ0) is 15.6. The van der Waals surface area contributed by atoms with E-state index in [2.05, 4.69) is 10.3 Å². The molecule has 1 amide bonds. The predicted octanol–water partition coefficient (Wildman–Crippen LogP) is 2.42. The van der Waals surface area contributed by atoms with Crippen LogP contribution in [-0.2, 0) is 6.18 Å². The first-order valence-corrected chi connectivity index (χ1v) is 5.96. The minimum Gasteiger partial charge on any atom is -0.355 e. The van der Waals surface area contributed by atoms with Crippen molar-refractivity contribution in [1.82, 2.24) is 10.3 Å². The minimum atomic E-state index is -4.46. The van der Waals surface area contributed by atoms with Crippen LogP contribution in [0.4, 0.5) is 13.2 Å². The Balaban J connectivity index is 2.46. The van der Waals surface area contributed by atoms with Gasteiger partial charge in [0.2, 0.25) is 0 Å². The van der Waals surface area contributed by atoms with E-state index < -0.39 is 23.2 Å². The topological polar surface area (TPSA) is 62.0 Å². The summed E-state index contributed by atoms with van der Waals surface area (Å²) in [4.78, 5) is 25.5. The summed E-state index contributed by atoms with van der Waals surface area (Å²) in [5.41, 5.74) is -1.15. The SMILES string of the molecule is CNC(=O)c1ccc(-c2cccc(C(F)(F)F)c2)[nH]c1=O. The molecule has 0 unspecified atom stereocenters. The van der Waals surface area contributed by atoms with Crippen LogP contribution in [0.25, 0.3) is 11.3 Å². The monoisotopic (exact) mass is 296 g/mol. The number of pyridine rings is 1. The van der Waals surface area contributed by atoms with Crippen LogP contribution >= 0.6 is 0 Å². The summed E-state index contributed by atoms with van der Waals surface area (Å²) >= 11 is 0. The van der Waals surface area contributed by atoms with Crippen LogP contribution < -0.4 is 10.9 Å². The van der Waals surface area contributed by atoms with E-state index in [1.807, 2.05) is 0 Å². The van der Waals surface area contributed by atoms with Crippen molar-refractivity contribution >= 4 is 5.91 Å². The molecule has 0 aliphatic carbocycles. The van der Waals surface area contributed by atoms with Crippen molar-refractivity contribution in [1.29, 1.82) is 0 Å². The van der Waals surface area contributed by atoms with E-state index in [1.165, 1.54) is 31.3 Å². The highest BCUT2D eigenvalue weighted by Gasteiger charge is 2.30. The summed E-state index contributed by atoms with van der Waals surface area (Å²) in [6.07, 6.45) is -4.46. The smallest absolute Gasteiger partial charge is 0.355 e. The van der Waals surface area contributed by atoms with Crippen molar-refractivity contribution < 1.29 is 18.0 Å². The lowest BCUT2D eigenvalue weighted by atomic mass is 10.1. The van der Waals surface area contributed by atoms with Crippen LogP contribution in [0.15, 0.2) is 41.2 Å². The molecule has 2 aromatic rings. The van der Waals surface area contributed by atoms with Gasteiger partial charge < -0.3 is 10.3 Å². The first kappa shape index (κ1) is 14.8. The lowest BCUT2D eigenvalue weighted by Crippen LogP contribution is -2.26. The fraction of sp³-hybridized carbons (Fsp3) is 0.143. The molecule has 21 heavy (non-hydrogen) atoms. The number of hydrogen-bond acceptors (Lipinski definition) is 2. The molecule has 1 aromatic heterocycles. The number of aromatic nitrogens is 1. The second-order valence-electron chi connectivity index (χ2n) is 4.27. The molecular formula is C14H11F3N2O2. The normalized spacial score (nSPS) is 11.2. The molecule has 0 aliphatic rings. The fourth-order valence-electron chi connectivity index (χ4n) is 1.82. The van der Waals surface area contributed by atoms with Crippen LogP contribution in [-0.4, -0.2) is 17.9 Å². The van der Waals surface area contributed by atoms with Gasteiger partial charge in [0.15, 0.2) is 0 Å². The molecule has 0 spiro atoms. The predicted molar refractivity (Wildman–Crippen MR) is 70.9 cm³/mol. The van der Waals surface area contributed by atoms with Crippen LogP contribution in [0.5, 0.6) is 0 Å². The lowest BCUT2D eigenvalue weighted by Gasteiger charge is -2.09. The molecule has 0 aliphatic heterocycles. The Hall–Kier alpha value is -2.57. The van der Waals surface area contributed by atoms with E-state index in [-0.39, 0.29) is 16.8 Å². The molecule has 2 rings (SSSR count). The van der Waals surface area contributed by atoms with Crippen LogP contribution in [0, 0.1) is 0 Å². The summed E-state index contributed by atoms with van der Waals surface area (Å²) in [6, 6.07) is 7.24. The number of carbonyl (C=O) groups is 1. The van der Waals surface area contributed by atoms with Gasteiger partial charge in [0.1, 0.15) is 5.56 Å². The number of aromatic amines is 1. The number of halogens is 3. The maximum absolute atomic E-state index is 12.7. The van der Waals surface area contributed by atoms with Crippen molar-refractivity contribution in [2.45, 2.75) is 6.18 Å². The van der Waals surface area contributed by atoms with Crippen molar-refractivity contribution in [2.75, 3.05) is 7.05 Å². The molecule has 4 nitrogen and oxygen atoms in total. The zero-order valence-corrected chi connectivity index (χ0v) is 10.9. The van der Waals surface area contributed by atoms with Gasteiger partial charge in [0.05, 0.1) is 5.56 Å². The number of rotatable bonds is 2. The highest BCUT2D eigenvalue weighted by Crippen LogP contribution is 2.31. The van der Waals surface area contributed by atoms with Crippen molar-refractivity contribution in [3.63, 3.8) is 0 Å². The molecule has 7 heteroatoms. The summed E-state index contributed by atoms with van der Waals surface area (Å²) in [6.45, 7) is 0. The van der Waals surface area contributed by atoms with Gasteiger partial charge in [0, 0.05) is 12.7 Å². The van der Waals surface area contributed by atoms with Gasteiger partial charge in [-0.2, -0.15) is 13.2 Å². The standard InChI is InChI=1S/C14H11F3N2O2/c1-18-12(20)10-5-6-11(19-13(10)21)8-3-2-4-9(7-8)14(15,16)17/h2-7H,1H3,(H,18,20)(H,19,21). The lowest BCUT2D eigenvalue weighted by molar-refractivity contribution is -0.137. The molecule has 0 saturated heterocycles. The largest absolute Gasteiger partial charge is 0.416 e. The summed E-state index contributed by atoms with van der Waals surface area (Å²) in [5.74, 6) is -0.563. The first-order valence-electron chi connectivity index (χ1n) is 5.96. The van der Waals surface area contributed by atoms with E-state index in [9.17, 15) is 22.8 Å².